The van der Waals surface area contributed by atoms with Gasteiger partial charge in [0.2, 0.25) is 0 Å². The van der Waals surface area contributed by atoms with Crippen molar-refractivity contribution in [3.05, 3.63) is 0 Å². The molecule has 0 spiro atoms. The number of hydrogen-bond acceptors (Lipinski definition) is 6. The molecule has 0 radical (unpaired) electrons. The molecule has 0 aromatic rings. The molecule has 3 atom stereocenters. The number of methoxy groups -OCH3 is 2. The van der Waals surface area contributed by atoms with Crippen LogP contribution < -0.4 is 0 Å². The molecule has 1 aliphatic rings. The maximum atomic E-state index is 12.1. The van der Waals surface area contributed by atoms with E-state index in [2.05, 4.69) is 15.9 Å². The van der Waals surface area contributed by atoms with E-state index in [0.717, 1.165) is 25.7 Å². The lowest BCUT2D eigenvalue weighted by molar-refractivity contribution is -0.175. The van der Waals surface area contributed by atoms with Crippen LogP contribution in [-0.2, 0) is 28.5 Å². The van der Waals surface area contributed by atoms with Crippen LogP contribution in [0.2, 0.25) is 13.6 Å². The minimum absolute atomic E-state index is 0.265. The minimum Gasteiger partial charge on any atom is -0.467 e. The van der Waals surface area contributed by atoms with E-state index in [1.54, 1.807) is 13.6 Å². The Kier molecular flexibility index (Phi) is 9.16. The molecular weight excluding hydrogens is 367 g/mol. The van der Waals surface area contributed by atoms with Crippen molar-refractivity contribution in [1.82, 2.24) is 0 Å². The predicted molar refractivity (Wildman–Crippen MR) is 90.6 cm³/mol. The van der Waals surface area contributed by atoms with Gasteiger partial charge in [0.15, 0.2) is 12.2 Å². The molecule has 0 bridgehead atoms. The molecular formula is C15H26BBrO6. The third-order valence-corrected chi connectivity index (χ3v) is 4.82. The molecule has 6 nitrogen and oxygen atoms in total. The number of rotatable bonds is 8. The lowest BCUT2D eigenvalue weighted by Gasteiger charge is -2.31. The van der Waals surface area contributed by atoms with Crippen molar-refractivity contribution >= 4 is 34.8 Å². The van der Waals surface area contributed by atoms with Crippen molar-refractivity contribution in [1.29, 1.82) is 0 Å². The summed E-state index contributed by atoms with van der Waals surface area (Å²) < 4.78 is 20.9. The van der Waals surface area contributed by atoms with Crippen molar-refractivity contribution < 1.29 is 28.5 Å². The number of alkyl halides is 1. The molecule has 0 amide bonds. The third-order valence-electron chi connectivity index (χ3n) is 3.86. The first-order chi connectivity index (χ1) is 10.9. The van der Waals surface area contributed by atoms with Crippen LogP contribution in [0.1, 0.15) is 32.1 Å². The quantitative estimate of drug-likeness (QED) is 0.359. The Morgan fingerprint density at radius 2 is 1.52 bits per heavy atom. The summed E-state index contributed by atoms with van der Waals surface area (Å²) in [5.41, 5.74) is 0. The van der Waals surface area contributed by atoms with Crippen LogP contribution in [0.25, 0.3) is 0 Å². The van der Waals surface area contributed by atoms with E-state index in [0.29, 0.717) is 5.92 Å². The predicted octanol–water partition coefficient (Wildman–Crippen LogP) is 2.66. The van der Waals surface area contributed by atoms with Gasteiger partial charge in [0.25, 0.3) is 6.92 Å². The monoisotopic (exact) mass is 392 g/mol. The van der Waals surface area contributed by atoms with Crippen molar-refractivity contribution in [2.45, 2.75) is 63.0 Å². The summed E-state index contributed by atoms with van der Waals surface area (Å²) in [5.74, 6) is -1.01. The second-order valence-corrected chi connectivity index (χ2v) is 6.86. The zero-order chi connectivity index (χ0) is 17.4. The number of carbonyl (C=O) groups excluding carboxylic acids is 2. The first-order valence-electron chi connectivity index (χ1n) is 8.01. The summed E-state index contributed by atoms with van der Waals surface area (Å²) in [7, 11) is 2.51. The Morgan fingerprint density at radius 1 is 1.00 bits per heavy atom. The van der Waals surface area contributed by atoms with Crippen molar-refractivity contribution in [2.24, 2.45) is 5.92 Å². The Morgan fingerprint density at radius 3 is 2.00 bits per heavy atom. The molecule has 0 saturated heterocycles. The maximum Gasteiger partial charge on any atom is 0.338 e. The zero-order valence-corrected chi connectivity index (χ0v) is 15.8. The fourth-order valence-corrected chi connectivity index (χ4v) is 3.44. The van der Waals surface area contributed by atoms with Gasteiger partial charge >= 0.3 is 11.9 Å². The number of carbonyl (C=O) groups is 2. The standard InChI is InChI=1S/C15H26BBrO6/c1-16(2)23-12(15(19)21-4)11(14(18)20-3)22-13(17)10-8-6-5-7-9-10/h10-13H,5-9H2,1-4H3/t11-,12-,13?/m1/s1. The van der Waals surface area contributed by atoms with Gasteiger partial charge in [-0.15, -0.1) is 0 Å². The molecule has 0 N–H and O–H groups in total. The largest absolute Gasteiger partial charge is 0.467 e. The summed E-state index contributed by atoms with van der Waals surface area (Å²) in [6.45, 7) is 3.28. The van der Waals surface area contributed by atoms with Gasteiger partial charge in [0, 0.05) is 0 Å². The molecule has 132 valence electrons. The summed E-state index contributed by atoms with van der Waals surface area (Å²) >= 11 is 3.51. The van der Waals surface area contributed by atoms with Gasteiger partial charge in [-0.1, -0.05) is 48.8 Å². The van der Waals surface area contributed by atoms with Crippen LogP contribution in [0.3, 0.4) is 0 Å². The fraction of sp³-hybridized carbons (Fsp3) is 0.867. The lowest BCUT2D eigenvalue weighted by Crippen LogP contribution is -2.48. The van der Waals surface area contributed by atoms with Gasteiger partial charge in [-0.25, -0.2) is 9.59 Å². The minimum atomic E-state index is -1.17. The molecule has 1 rings (SSSR count). The molecule has 0 aromatic heterocycles. The van der Waals surface area contributed by atoms with Crippen LogP contribution in [0, 0.1) is 5.92 Å². The lowest BCUT2D eigenvalue weighted by atomic mass is 9.74. The van der Waals surface area contributed by atoms with E-state index in [4.69, 9.17) is 18.9 Å². The number of ether oxygens (including phenoxy) is 3. The highest BCUT2D eigenvalue weighted by Gasteiger charge is 2.40. The highest BCUT2D eigenvalue weighted by atomic mass is 79.9. The van der Waals surface area contributed by atoms with Crippen molar-refractivity contribution in [3.63, 3.8) is 0 Å². The van der Waals surface area contributed by atoms with Crippen molar-refractivity contribution in [3.8, 4) is 0 Å². The zero-order valence-electron chi connectivity index (χ0n) is 14.2. The maximum absolute atomic E-state index is 12.1. The molecule has 23 heavy (non-hydrogen) atoms. The van der Waals surface area contributed by atoms with E-state index >= 15 is 0 Å². The van der Waals surface area contributed by atoms with Crippen molar-refractivity contribution in [2.75, 3.05) is 14.2 Å². The van der Waals surface area contributed by atoms with E-state index in [1.807, 2.05) is 0 Å². The first-order valence-corrected chi connectivity index (χ1v) is 8.92. The normalized spacial score (nSPS) is 19.5. The number of esters is 2. The molecule has 1 unspecified atom stereocenters. The second kappa shape index (κ2) is 10.3. The highest BCUT2D eigenvalue weighted by Crippen LogP contribution is 2.32. The van der Waals surface area contributed by atoms with Crippen LogP contribution in [0.4, 0.5) is 0 Å². The molecule has 0 aliphatic heterocycles. The Hall–Kier alpha value is -0.595. The third kappa shape index (κ3) is 6.43. The Bertz CT molecular complexity index is 386. The molecule has 8 heteroatoms. The molecule has 1 fully saturated rings. The summed E-state index contributed by atoms with van der Waals surface area (Å²) in [5, 5.41) is -0.338. The van der Waals surface area contributed by atoms with Crippen LogP contribution in [-0.4, -0.2) is 50.3 Å². The van der Waals surface area contributed by atoms with E-state index < -0.39 is 24.1 Å². The summed E-state index contributed by atoms with van der Waals surface area (Å²) in [6.07, 6.45) is 3.23. The van der Waals surface area contributed by atoms with Gasteiger partial charge in [-0.3, -0.25) is 0 Å². The van der Waals surface area contributed by atoms with E-state index in [1.165, 1.54) is 20.6 Å². The first kappa shape index (κ1) is 20.4. The Labute approximate surface area is 146 Å². The van der Waals surface area contributed by atoms with Gasteiger partial charge in [0.1, 0.15) is 5.01 Å². The van der Waals surface area contributed by atoms with Gasteiger partial charge in [-0.2, -0.15) is 0 Å². The van der Waals surface area contributed by atoms with Gasteiger partial charge in [-0.05, 0) is 18.8 Å². The smallest absolute Gasteiger partial charge is 0.338 e. The van der Waals surface area contributed by atoms with Crippen LogP contribution >= 0.6 is 15.9 Å². The molecule has 0 heterocycles. The average molecular weight is 393 g/mol. The van der Waals surface area contributed by atoms with E-state index in [-0.39, 0.29) is 11.9 Å². The van der Waals surface area contributed by atoms with E-state index in [9.17, 15) is 9.59 Å². The molecule has 0 aromatic carbocycles. The SMILES string of the molecule is COC(=O)[C@H](OB(C)C)[C@@H](OC(Br)C1CCCCC1)C(=O)OC. The number of hydrogen-bond donors (Lipinski definition) is 0. The topological polar surface area (TPSA) is 71.1 Å². The van der Waals surface area contributed by atoms with Gasteiger partial charge < -0.3 is 18.9 Å². The fourth-order valence-electron chi connectivity index (χ4n) is 2.67. The Balaban J connectivity index is 2.86. The van der Waals surface area contributed by atoms with Gasteiger partial charge in [0.05, 0.1) is 14.2 Å². The summed E-state index contributed by atoms with van der Waals surface area (Å²) in [4.78, 5) is 24.1. The second-order valence-electron chi connectivity index (χ2n) is 5.96. The molecule has 1 aliphatic carbocycles. The summed E-state index contributed by atoms with van der Waals surface area (Å²) in [6, 6.07) is 0. The van der Waals surface area contributed by atoms with Crippen LogP contribution in [0.5, 0.6) is 0 Å². The average Bonchev–Trinajstić information content (AvgIpc) is 2.56. The van der Waals surface area contributed by atoms with Crippen LogP contribution in [0.15, 0.2) is 0 Å². The highest BCUT2D eigenvalue weighted by molar-refractivity contribution is 9.09. The number of halogens is 1. The molecule has 1 saturated carbocycles.